The predicted molar refractivity (Wildman–Crippen MR) is 105 cm³/mol. The molecule has 0 radical (unpaired) electrons. The molecule has 0 saturated carbocycles. The van der Waals surface area contributed by atoms with E-state index < -0.39 is 22.0 Å². The fourth-order valence-corrected chi connectivity index (χ4v) is 4.77. The van der Waals surface area contributed by atoms with E-state index in [4.69, 9.17) is 11.6 Å². The van der Waals surface area contributed by atoms with Crippen LogP contribution in [-0.4, -0.2) is 44.7 Å². The van der Waals surface area contributed by atoms with Crippen molar-refractivity contribution in [1.82, 2.24) is 14.9 Å². The highest BCUT2D eigenvalue weighted by molar-refractivity contribution is 7.91. The lowest BCUT2D eigenvalue weighted by Crippen LogP contribution is -2.44. The molecule has 2 aromatic rings. The lowest BCUT2D eigenvalue weighted by molar-refractivity contribution is -0.122. The van der Waals surface area contributed by atoms with Crippen LogP contribution in [0.4, 0.5) is 0 Å². The summed E-state index contributed by atoms with van der Waals surface area (Å²) >= 11 is 7.06. The SMILES string of the molecule is CC(NC(=O)c1ccccc1Cl)C(=O)NCc1ccc(S(=O)(=O)N(C)C)s1. The Morgan fingerprint density at radius 3 is 2.48 bits per heavy atom. The number of nitrogens with zero attached hydrogens (tertiary/aromatic N) is 1. The number of hydrogen-bond acceptors (Lipinski definition) is 5. The average molecular weight is 430 g/mol. The van der Waals surface area contributed by atoms with E-state index in [1.165, 1.54) is 20.2 Å². The first-order valence-corrected chi connectivity index (χ1v) is 10.6. The Bertz CT molecular complexity index is 941. The monoisotopic (exact) mass is 429 g/mol. The van der Waals surface area contributed by atoms with Crippen molar-refractivity contribution in [2.75, 3.05) is 14.1 Å². The quantitative estimate of drug-likeness (QED) is 0.704. The molecule has 0 bridgehead atoms. The first-order chi connectivity index (χ1) is 12.6. The Morgan fingerprint density at radius 2 is 1.85 bits per heavy atom. The number of thiophene rings is 1. The molecule has 0 aliphatic rings. The number of benzene rings is 1. The van der Waals surface area contributed by atoms with Crippen molar-refractivity contribution in [2.24, 2.45) is 0 Å². The predicted octanol–water partition coefficient (Wildman–Crippen LogP) is 2.09. The molecule has 27 heavy (non-hydrogen) atoms. The molecule has 1 heterocycles. The molecule has 1 unspecified atom stereocenters. The molecule has 0 spiro atoms. The zero-order valence-electron chi connectivity index (χ0n) is 15.0. The Hall–Kier alpha value is -1.94. The topological polar surface area (TPSA) is 95.6 Å². The summed E-state index contributed by atoms with van der Waals surface area (Å²) in [5.74, 6) is -0.834. The minimum absolute atomic E-state index is 0.165. The van der Waals surface area contributed by atoms with Crippen LogP contribution in [0.2, 0.25) is 5.02 Å². The van der Waals surface area contributed by atoms with Crippen molar-refractivity contribution in [2.45, 2.75) is 23.7 Å². The summed E-state index contributed by atoms with van der Waals surface area (Å²) < 4.78 is 25.5. The molecule has 1 atom stereocenters. The number of rotatable bonds is 7. The Morgan fingerprint density at radius 1 is 1.19 bits per heavy atom. The standard InChI is InChI=1S/C17H20ClN3O4S2/c1-11(20-17(23)13-6-4-5-7-14(13)18)16(22)19-10-12-8-9-15(26-12)27(24,25)21(2)3/h4-9,11H,10H2,1-3H3,(H,19,22)(H,20,23). The number of nitrogens with one attached hydrogen (secondary N) is 2. The molecule has 1 aromatic heterocycles. The molecule has 10 heteroatoms. The minimum Gasteiger partial charge on any atom is -0.349 e. The number of sulfonamides is 1. The Balaban J connectivity index is 1.93. The summed E-state index contributed by atoms with van der Waals surface area (Å²) in [6.07, 6.45) is 0. The normalized spacial score (nSPS) is 12.6. The lowest BCUT2D eigenvalue weighted by atomic mass is 10.2. The molecular weight excluding hydrogens is 410 g/mol. The fraction of sp³-hybridized carbons (Fsp3) is 0.294. The van der Waals surface area contributed by atoms with Gasteiger partial charge in [-0.2, -0.15) is 0 Å². The summed E-state index contributed by atoms with van der Waals surface area (Å²) in [5, 5.41) is 5.56. The molecule has 2 N–H and O–H groups in total. The first kappa shape index (κ1) is 21.4. The van der Waals surface area contributed by atoms with Crippen molar-refractivity contribution in [1.29, 1.82) is 0 Å². The van der Waals surface area contributed by atoms with Crippen molar-refractivity contribution >= 4 is 44.8 Å². The van der Waals surface area contributed by atoms with Gasteiger partial charge in [0.1, 0.15) is 10.3 Å². The molecule has 0 aliphatic heterocycles. The smallest absolute Gasteiger partial charge is 0.253 e. The molecular formula is C17H20ClN3O4S2. The maximum absolute atomic E-state index is 12.2. The van der Waals surface area contributed by atoms with E-state index in [2.05, 4.69) is 10.6 Å². The van der Waals surface area contributed by atoms with Crippen LogP contribution in [-0.2, 0) is 21.4 Å². The van der Waals surface area contributed by atoms with Gasteiger partial charge in [0.25, 0.3) is 15.9 Å². The van der Waals surface area contributed by atoms with Gasteiger partial charge < -0.3 is 10.6 Å². The van der Waals surface area contributed by atoms with Gasteiger partial charge in [0.05, 0.1) is 17.1 Å². The van der Waals surface area contributed by atoms with Crippen LogP contribution in [0, 0.1) is 0 Å². The third-order valence-electron chi connectivity index (χ3n) is 3.67. The van der Waals surface area contributed by atoms with Crippen LogP contribution < -0.4 is 10.6 Å². The zero-order valence-corrected chi connectivity index (χ0v) is 17.4. The van der Waals surface area contributed by atoms with Crippen molar-refractivity contribution in [3.8, 4) is 0 Å². The van der Waals surface area contributed by atoms with E-state index in [1.54, 1.807) is 37.3 Å². The van der Waals surface area contributed by atoms with Crippen LogP contribution in [0.3, 0.4) is 0 Å². The van der Waals surface area contributed by atoms with Crippen molar-refractivity contribution in [3.05, 3.63) is 51.9 Å². The van der Waals surface area contributed by atoms with Crippen LogP contribution in [0.1, 0.15) is 22.2 Å². The molecule has 0 fully saturated rings. The number of halogens is 1. The highest BCUT2D eigenvalue weighted by atomic mass is 35.5. The van der Waals surface area contributed by atoms with Gasteiger partial charge in [0.15, 0.2) is 0 Å². The van der Waals surface area contributed by atoms with Gasteiger partial charge in [-0.1, -0.05) is 23.7 Å². The van der Waals surface area contributed by atoms with E-state index in [0.717, 1.165) is 15.6 Å². The average Bonchev–Trinajstić information content (AvgIpc) is 3.09. The number of hydrogen-bond donors (Lipinski definition) is 2. The highest BCUT2D eigenvalue weighted by Crippen LogP contribution is 2.23. The highest BCUT2D eigenvalue weighted by Gasteiger charge is 2.21. The Labute approximate surface area is 167 Å². The Kier molecular flexibility index (Phi) is 6.99. The molecule has 1 aromatic carbocycles. The third kappa shape index (κ3) is 5.29. The van der Waals surface area contributed by atoms with E-state index in [-0.39, 0.29) is 22.2 Å². The molecule has 0 saturated heterocycles. The van der Waals surface area contributed by atoms with E-state index in [1.807, 2.05) is 0 Å². The summed E-state index contributed by atoms with van der Waals surface area (Å²) in [5.41, 5.74) is 0.288. The van der Waals surface area contributed by atoms with Crippen LogP contribution >= 0.6 is 22.9 Å². The van der Waals surface area contributed by atoms with Gasteiger partial charge in [-0.05, 0) is 31.2 Å². The van der Waals surface area contributed by atoms with Gasteiger partial charge in [0, 0.05) is 19.0 Å². The van der Waals surface area contributed by atoms with Crippen LogP contribution in [0.15, 0.2) is 40.6 Å². The number of carbonyl (C=O) groups excluding carboxylic acids is 2. The van der Waals surface area contributed by atoms with Crippen LogP contribution in [0.5, 0.6) is 0 Å². The van der Waals surface area contributed by atoms with Crippen molar-refractivity contribution < 1.29 is 18.0 Å². The van der Waals surface area contributed by atoms with Gasteiger partial charge in [-0.15, -0.1) is 11.3 Å². The first-order valence-electron chi connectivity index (χ1n) is 7.97. The molecule has 0 aliphatic carbocycles. The lowest BCUT2D eigenvalue weighted by Gasteiger charge is -2.14. The van der Waals surface area contributed by atoms with Gasteiger partial charge in [-0.3, -0.25) is 9.59 Å². The van der Waals surface area contributed by atoms with Gasteiger partial charge in [0.2, 0.25) is 5.91 Å². The van der Waals surface area contributed by atoms with E-state index >= 15 is 0 Å². The fourth-order valence-electron chi connectivity index (χ4n) is 2.08. The number of carbonyl (C=O) groups is 2. The summed E-state index contributed by atoms with van der Waals surface area (Å²) in [6.45, 7) is 1.72. The number of amides is 2. The van der Waals surface area contributed by atoms with E-state index in [0.29, 0.717) is 9.90 Å². The molecule has 7 nitrogen and oxygen atoms in total. The van der Waals surface area contributed by atoms with E-state index in [9.17, 15) is 18.0 Å². The molecule has 146 valence electrons. The zero-order chi connectivity index (χ0) is 20.2. The maximum atomic E-state index is 12.2. The largest absolute Gasteiger partial charge is 0.349 e. The van der Waals surface area contributed by atoms with Gasteiger partial charge >= 0.3 is 0 Å². The summed E-state index contributed by atoms with van der Waals surface area (Å²) in [6, 6.07) is 8.93. The van der Waals surface area contributed by atoms with Crippen LogP contribution in [0.25, 0.3) is 0 Å². The van der Waals surface area contributed by atoms with Gasteiger partial charge in [-0.25, -0.2) is 12.7 Å². The minimum atomic E-state index is -3.49. The second-order valence-corrected chi connectivity index (χ2v) is 9.86. The van der Waals surface area contributed by atoms with Crippen molar-refractivity contribution in [3.63, 3.8) is 0 Å². The summed E-state index contributed by atoms with van der Waals surface area (Å²) in [4.78, 5) is 25.1. The molecule has 2 rings (SSSR count). The summed E-state index contributed by atoms with van der Waals surface area (Å²) in [7, 11) is -0.576. The third-order valence-corrected chi connectivity index (χ3v) is 7.37. The maximum Gasteiger partial charge on any atom is 0.253 e. The second-order valence-electron chi connectivity index (χ2n) is 5.90. The molecule has 2 amide bonds. The second kappa shape index (κ2) is 8.83.